The Morgan fingerprint density at radius 3 is 2.64 bits per heavy atom. The quantitative estimate of drug-likeness (QED) is 0.648. The molecular formula is C11H18N2O. The Morgan fingerprint density at radius 1 is 1.50 bits per heavy atom. The van der Waals surface area contributed by atoms with Gasteiger partial charge in [-0.3, -0.25) is 4.79 Å². The summed E-state index contributed by atoms with van der Waals surface area (Å²) >= 11 is 0. The minimum absolute atomic E-state index is 0.0684. The molecule has 78 valence electrons. The average Bonchev–Trinajstić information content (AvgIpc) is 2.26. The molecule has 3 nitrogen and oxygen atoms in total. The molecule has 3 heteroatoms. The zero-order valence-electron chi connectivity index (χ0n) is 8.46. The highest BCUT2D eigenvalue weighted by molar-refractivity contribution is 5.93. The van der Waals surface area contributed by atoms with Gasteiger partial charge in [0.2, 0.25) is 0 Å². The monoisotopic (exact) mass is 194 g/mol. The molecule has 0 aromatic carbocycles. The molecule has 1 rings (SSSR count). The van der Waals surface area contributed by atoms with E-state index in [2.05, 4.69) is 11.2 Å². The van der Waals surface area contributed by atoms with Crippen molar-refractivity contribution in [3.05, 3.63) is 0 Å². The first-order chi connectivity index (χ1) is 6.77. The number of carbonyl (C=O) groups excluding carboxylic acids is 1. The highest BCUT2D eigenvalue weighted by Gasteiger charge is 2.23. The molecular weight excluding hydrogens is 176 g/mol. The Hall–Kier alpha value is -1.01. The molecule has 0 saturated heterocycles. The van der Waals surface area contributed by atoms with E-state index in [1.807, 2.05) is 0 Å². The summed E-state index contributed by atoms with van der Waals surface area (Å²) in [5, 5.41) is 2.79. The molecule has 0 heterocycles. The van der Waals surface area contributed by atoms with Gasteiger partial charge in [-0.05, 0) is 24.7 Å². The maximum Gasteiger partial charge on any atom is 0.295 e. The molecule has 3 N–H and O–H groups in total. The van der Waals surface area contributed by atoms with Crippen molar-refractivity contribution in [3.63, 3.8) is 0 Å². The normalized spacial score (nSPS) is 19.7. The maximum atomic E-state index is 11.0. The summed E-state index contributed by atoms with van der Waals surface area (Å²) in [7, 11) is 0. The van der Waals surface area contributed by atoms with Crippen LogP contribution in [-0.4, -0.2) is 18.5 Å². The van der Waals surface area contributed by atoms with Crippen LogP contribution >= 0.6 is 0 Å². The summed E-state index contributed by atoms with van der Waals surface area (Å²) in [6, 6.07) is 0.0684. The van der Waals surface area contributed by atoms with Gasteiger partial charge in [-0.15, -0.1) is 6.42 Å². The van der Waals surface area contributed by atoms with Crippen molar-refractivity contribution in [3.8, 4) is 12.3 Å². The fraction of sp³-hybridized carbons (Fsp3) is 0.727. The third-order valence-corrected chi connectivity index (χ3v) is 2.92. The van der Waals surface area contributed by atoms with Crippen LogP contribution in [0.1, 0.15) is 32.1 Å². The second-order valence-corrected chi connectivity index (χ2v) is 3.86. The standard InChI is InChI=1S/C11H18N2O/c1-2-11(14)13-10(8-12)9-6-4-3-5-7-9/h1,9-10H,3-8,12H2,(H,13,14). The molecule has 1 amide bonds. The fourth-order valence-electron chi connectivity index (χ4n) is 2.12. The molecule has 1 fully saturated rings. The van der Waals surface area contributed by atoms with Gasteiger partial charge in [0.15, 0.2) is 0 Å². The van der Waals surface area contributed by atoms with Crippen LogP contribution in [0, 0.1) is 18.3 Å². The third-order valence-electron chi connectivity index (χ3n) is 2.92. The van der Waals surface area contributed by atoms with Gasteiger partial charge in [0.25, 0.3) is 5.91 Å². The molecule has 14 heavy (non-hydrogen) atoms. The van der Waals surface area contributed by atoms with Gasteiger partial charge >= 0.3 is 0 Å². The number of hydrogen-bond donors (Lipinski definition) is 2. The molecule has 1 aliphatic carbocycles. The Labute approximate surface area is 85.4 Å². The summed E-state index contributed by atoms with van der Waals surface area (Å²) < 4.78 is 0. The number of amides is 1. The molecule has 0 bridgehead atoms. The average molecular weight is 194 g/mol. The van der Waals surface area contributed by atoms with Gasteiger partial charge in [-0.25, -0.2) is 0 Å². The maximum absolute atomic E-state index is 11.0. The number of carbonyl (C=O) groups is 1. The van der Waals surface area contributed by atoms with Crippen LogP contribution in [0.2, 0.25) is 0 Å². The van der Waals surface area contributed by atoms with E-state index < -0.39 is 0 Å². The molecule has 0 radical (unpaired) electrons. The first-order valence-corrected chi connectivity index (χ1v) is 5.25. The van der Waals surface area contributed by atoms with Crippen molar-refractivity contribution in [1.29, 1.82) is 0 Å². The smallest absolute Gasteiger partial charge is 0.295 e. The second kappa shape index (κ2) is 5.66. The summed E-state index contributed by atoms with van der Waals surface area (Å²) in [6.45, 7) is 0.484. The number of hydrogen-bond acceptors (Lipinski definition) is 2. The summed E-state index contributed by atoms with van der Waals surface area (Å²) in [6.07, 6.45) is 11.1. The van der Waals surface area contributed by atoms with E-state index in [-0.39, 0.29) is 11.9 Å². The summed E-state index contributed by atoms with van der Waals surface area (Å²) in [5.41, 5.74) is 5.62. The molecule has 0 aromatic rings. The minimum Gasteiger partial charge on any atom is -0.341 e. The molecule has 0 aliphatic heterocycles. The van der Waals surface area contributed by atoms with E-state index in [1.165, 1.54) is 19.3 Å². The zero-order chi connectivity index (χ0) is 10.4. The summed E-state index contributed by atoms with van der Waals surface area (Å²) in [5.74, 6) is 2.24. The van der Waals surface area contributed by atoms with Gasteiger partial charge < -0.3 is 11.1 Å². The van der Waals surface area contributed by atoms with Crippen molar-refractivity contribution in [2.75, 3.05) is 6.54 Å². The lowest BCUT2D eigenvalue weighted by molar-refractivity contribution is -0.116. The second-order valence-electron chi connectivity index (χ2n) is 3.86. The van der Waals surface area contributed by atoms with E-state index in [9.17, 15) is 4.79 Å². The van der Waals surface area contributed by atoms with E-state index in [0.717, 1.165) is 12.8 Å². The molecule has 1 saturated carbocycles. The van der Waals surface area contributed by atoms with Gasteiger partial charge in [0, 0.05) is 12.6 Å². The largest absolute Gasteiger partial charge is 0.341 e. The van der Waals surface area contributed by atoms with Crippen LogP contribution in [0.25, 0.3) is 0 Å². The van der Waals surface area contributed by atoms with Gasteiger partial charge in [-0.2, -0.15) is 0 Å². The van der Waals surface area contributed by atoms with Crippen molar-refractivity contribution >= 4 is 5.91 Å². The SMILES string of the molecule is C#CC(=O)NC(CN)C1CCCCC1. The highest BCUT2D eigenvalue weighted by Crippen LogP contribution is 2.25. The number of nitrogens with one attached hydrogen (secondary N) is 1. The molecule has 0 aromatic heterocycles. The van der Waals surface area contributed by atoms with Crippen molar-refractivity contribution < 1.29 is 4.79 Å². The van der Waals surface area contributed by atoms with Crippen LogP contribution in [0.4, 0.5) is 0 Å². The predicted octanol–water partition coefficient (Wildman–Crippen LogP) is 0.643. The fourth-order valence-corrected chi connectivity index (χ4v) is 2.12. The number of nitrogens with two attached hydrogens (primary N) is 1. The lowest BCUT2D eigenvalue weighted by Crippen LogP contribution is -2.45. The van der Waals surface area contributed by atoms with Crippen molar-refractivity contribution in [1.82, 2.24) is 5.32 Å². The van der Waals surface area contributed by atoms with Crippen LogP contribution < -0.4 is 11.1 Å². The van der Waals surface area contributed by atoms with Gasteiger partial charge in [0.1, 0.15) is 0 Å². The molecule has 1 aliphatic rings. The van der Waals surface area contributed by atoms with E-state index >= 15 is 0 Å². The van der Waals surface area contributed by atoms with Gasteiger partial charge in [0.05, 0.1) is 0 Å². The zero-order valence-corrected chi connectivity index (χ0v) is 8.46. The van der Waals surface area contributed by atoms with Crippen LogP contribution in [-0.2, 0) is 4.79 Å². The van der Waals surface area contributed by atoms with Crippen LogP contribution in [0.15, 0.2) is 0 Å². The first-order valence-electron chi connectivity index (χ1n) is 5.25. The number of terminal acetylenes is 1. The minimum atomic E-state index is -0.342. The Balaban J connectivity index is 2.44. The highest BCUT2D eigenvalue weighted by atomic mass is 16.1. The topological polar surface area (TPSA) is 55.1 Å². The molecule has 0 spiro atoms. The summed E-state index contributed by atoms with van der Waals surface area (Å²) in [4.78, 5) is 11.0. The van der Waals surface area contributed by atoms with Crippen molar-refractivity contribution in [2.45, 2.75) is 38.1 Å². The lowest BCUT2D eigenvalue weighted by Gasteiger charge is -2.29. The molecule has 1 unspecified atom stereocenters. The van der Waals surface area contributed by atoms with E-state index in [1.54, 1.807) is 0 Å². The van der Waals surface area contributed by atoms with Crippen LogP contribution in [0.5, 0.6) is 0 Å². The Bertz CT molecular complexity index is 226. The van der Waals surface area contributed by atoms with Crippen molar-refractivity contribution in [2.24, 2.45) is 11.7 Å². The first kappa shape index (κ1) is 11.1. The Kier molecular flexibility index (Phi) is 4.48. The van der Waals surface area contributed by atoms with Crippen LogP contribution in [0.3, 0.4) is 0 Å². The van der Waals surface area contributed by atoms with E-state index in [0.29, 0.717) is 12.5 Å². The molecule has 1 atom stereocenters. The van der Waals surface area contributed by atoms with Gasteiger partial charge in [-0.1, -0.05) is 19.3 Å². The lowest BCUT2D eigenvalue weighted by atomic mass is 9.84. The Morgan fingerprint density at radius 2 is 2.14 bits per heavy atom. The predicted molar refractivity (Wildman–Crippen MR) is 56.4 cm³/mol. The third kappa shape index (κ3) is 3.04. The number of rotatable bonds is 3. The van der Waals surface area contributed by atoms with E-state index in [4.69, 9.17) is 12.2 Å².